The standard InChI is InChI=1S/C10H12ClNO2/c1-7(13)9-6-8(11)2-3-10(9)14-5-4-12/h2-3,6H,4-5,12H2,1H3. The number of hydrogen-bond acceptors (Lipinski definition) is 3. The minimum absolute atomic E-state index is 0.0699. The average Bonchev–Trinajstić information content (AvgIpc) is 2.15. The summed E-state index contributed by atoms with van der Waals surface area (Å²) in [4.78, 5) is 11.2. The van der Waals surface area contributed by atoms with Crippen molar-refractivity contribution in [3.8, 4) is 5.75 Å². The van der Waals surface area contributed by atoms with Crippen molar-refractivity contribution in [2.45, 2.75) is 6.92 Å². The number of ether oxygens (including phenoxy) is 1. The Morgan fingerprint density at radius 3 is 2.86 bits per heavy atom. The lowest BCUT2D eigenvalue weighted by Crippen LogP contribution is -2.12. The van der Waals surface area contributed by atoms with Gasteiger partial charge < -0.3 is 10.5 Å². The molecule has 0 aliphatic heterocycles. The number of carbonyl (C=O) groups is 1. The summed E-state index contributed by atoms with van der Waals surface area (Å²) in [5.41, 5.74) is 5.79. The van der Waals surface area contributed by atoms with Gasteiger partial charge in [-0.3, -0.25) is 4.79 Å². The lowest BCUT2D eigenvalue weighted by molar-refractivity contribution is 0.101. The Bertz CT molecular complexity index is 339. The molecular weight excluding hydrogens is 202 g/mol. The van der Waals surface area contributed by atoms with Gasteiger partial charge in [0.25, 0.3) is 0 Å². The lowest BCUT2D eigenvalue weighted by atomic mass is 10.1. The smallest absolute Gasteiger partial charge is 0.163 e. The fraction of sp³-hybridized carbons (Fsp3) is 0.300. The molecule has 4 heteroatoms. The van der Waals surface area contributed by atoms with E-state index in [1.54, 1.807) is 18.2 Å². The number of hydrogen-bond donors (Lipinski definition) is 1. The van der Waals surface area contributed by atoms with Crippen molar-refractivity contribution in [2.75, 3.05) is 13.2 Å². The molecule has 0 unspecified atom stereocenters. The number of Topliss-reactive ketones (excluding diaryl/α,β-unsaturated/α-hetero) is 1. The van der Waals surface area contributed by atoms with Crippen molar-refractivity contribution >= 4 is 17.4 Å². The maximum absolute atomic E-state index is 11.2. The number of carbonyl (C=O) groups excluding carboxylic acids is 1. The van der Waals surface area contributed by atoms with Crippen LogP contribution in [-0.4, -0.2) is 18.9 Å². The van der Waals surface area contributed by atoms with E-state index in [1.807, 2.05) is 0 Å². The molecule has 0 spiro atoms. The second kappa shape index (κ2) is 4.98. The first-order chi connectivity index (χ1) is 6.65. The molecule has 0 saturated carbocycles. The third kappa shape index (κ3) is 2.72. The predicted molar refractivity (Wildman–Crippen MR) is 56.0 cm³/mol. The molecular formula is C10H12ClNO2. The number of halogens is 1. The lowest BCUT2D eigenvalue weighted by Gasteiger charge is -2.08. The molecule has 3 nitrogen and oxygen atoms in total. The van der Waals surface area contributed by atoms with Crippen LogP contribution in [0.1, 0.15) is 17.3 Å². The normalized spacial score (nSPS) is 9.93. The van der Waals surface area contributed by atoms with Crippen molar-refractivity contribution in [3.63, 3.8) is 0 Å². The van der Waals surface area contributed by atoms with Gasteiger partial charge in [-0.1, -0.05) is 11.6 Å². The van der Waals surface area contributed by atoms with E-state index >= 15 is 0 Å². The number of nitrogens with two attached hydrogens (primary N) is 1. The minimum atomic E-state index is -0.0699. The fourth-order valence-electron chi connectivity index (χ4n) is 1.07. The van der Waals surface area contributed by atoms with Crippen LogP contribution < -0.4 is 10.5 Å². The fourth-order valence-corrected chi connectivity index (χ4v) is 1.24. The highest BCUT2D eigenvalue weighted by molar-refractivity contribution is 6.31. The zero-order valence-electron chi connectivity index (χ0n) is 7.92. The van der Waals surface area contributed by atoms with Gasteiger partial charge in [0, 0.05) is 11.6 Å². The van der Waals surface area contributed by atoms with Gasteiger partial charge >= 0.3 is 0 Å². The third-order valence-corrected chi connectivity index (χ3v) is 1.93. The summed E-state index contributed by atoms with van der Waals surface area (Å²) in [6.07, 6.45) is 0. The van der Waals surface area contributed by atoms with Crippen molar-refractivity contribution in [1.82, 2.24) is 0 Å². The van der Waals surface area contributed by atoms with E-state index in [1.165, 1.54) is 6.92 Å². The van der Waals surface area contributed by atoms with E-state index in [9.17, 15) is 4.79 Å². The monoisotopic (exact) mass is 213 g/mol. The average molecular weight is 214 g/mol. The Morgan fingerprint density at radius 2 is 2.29 bits per heavy atom. The maximum atomic E-state index is 11.2. The summed E-state index contributed by atoms with van der Waals surface area (Å²) in [7, 11) is 0. The number of benzene rings is 1. The van der Waals surface area contributed by atoms with Crippen LogP contribution in [0.2, 0.25) is 5.02 Å². The quantitative estimate of drug-likeness (QED) is 0.777. The first-order valence-electron chi connectivity index (χ1n) is 4.28. The highest BCUT2D eigenvalue weighted by Gasteiger charge is 2.08. The Hall–Kier alpha value is -1.06. The Balaban J connectivity index is 2.96. The summed E-state index contributed by atoms with van der Waals surface area (Å²) in [5.74, 6) is 0.465. The Labute approximate surface area is 87.8 Å². The van der Waals surface area contributed by atoms with E-state index in [0.717, 1.165) is 0 Å². The van der Waals surface area contributed by atoms with Crippen LogP contribution in [0.25, 0.3) is 0 Å². The van der Waals surface area contributed by atoms with Crippen LogP contribution >= 0.6 is 11.6 Å². The van der Waals surface area contributed by atoms with Crippen LogP contribution in [0.15, 0.2) is 18.2 Å². The second-order valence-corrected chi connectivity index (χ2v) is 3.27. The minimum Gasteiger partial charge on any atom is -0.492 e. The number of rotatable bonds is 4. The van der Waals surface area contributed by atoms with Crippen molar-refractivity contribution in [2.24, 2.45) is 5.73 Å². The zero-order valence-corrected chi connectivity index (χ0v) is 8.67. The van der Waals surface area contributed by atoms with E-state index in [-0.39, 0.29) is 5.78 Å². The summed E-state index contributed by atoms with van der Waals surface area (Å²) in [6, 6.07) is 4.95. The van der Waals surface area contributed by atoms with E-state index < -0.39 is 0 Å². The molecule has 76 valence electrons. The van der Waals surface area contributed by atoms with Crippen LogP contribution in [0, 0.1) is 0 Å². The third-order valence-electron chi connectivity index (χ3n) is 1.70. The molecule has 1 aromatic carbocycles. The van der Waals surface area contributed by atoms with Crippen molar-refractivity contribution < 1.29 is 9.53 Å². The first-order valence-corrected chi connectivity index (χ1v) is 4.66. The molecule has 0 aliphatic carbocycles. The topological polar surface area (TPSA) is 52.3 Å². The van der Waals surface area contributed by atoms with Gasteiger partial charge in [0.05, 0.1) is 5.56 Å². The highest BCUT2D eigenvalue weighted by atomic mass is 35.5. The van der Waals surface area contributed by atoms with Gasteiger partial charge in [0.1, 0.15) is 12.4 Å². The van der Waals surface area contributed by atoms with Gasteiger partial charge in [-0.15, -0.1) is 0 Å². The maximum Gasteiger partial charge on any atom is 0.163 e. The van der Waals surface area contributed by atoms with Crippen LogP contribution in [0.3, 0.4) is 0 Å². The second-order valence-electron chi connectivity index (χ2n) is 2.83. The molecule has 0 saturated heterocycles. The Morgan fingerprint density at radius 1 is 1.57 bits per heavy atom. The summed E-state index contributed by atoms with van der Waals surface area (Å²) >= 11 is 5.76. The van der Waals surface area contributed by atoms with Gasteiger partial charge in [-0.2, -0.15) is 0 Å². The summed E-state index contributed by atoms with van der Waals surface area (Å²) < 4.78 is 5.30. The molecule has 0 aliphatic rings. The molecule has 1 rings (SSSR count). The van der Waals surface area contributed by atoms with E-state index in [0.29, 0.717) is 29.5 Å². The number of ketones is 1. The van der Waals surface area contributed by atoms with Crippen molar-refractivity contribution in [1.29, 1.82) is 0 Å². The Kier molecular flexibility index (Phi) is 3.92. The van der Waals surface area contributed by atoms with Gasteiger partial charge in [-0.25, -0.2) is 0 Å². The van der Waals surface area contributed by atoms with Gasteiger partial charge in [0.2, 0.25) is 0 Å². The highest BCUT2D eigenvalue weighted by Crippen LogP contribution is 2.23. The molecule has 1 aromatic rings. The van der Waals surface area contributed by atoms with Gasteiger partial charge in [0.15, 0.2) is 5.78 Å². The van der Waals surface area contributed by atoms with Crippen LogP contribution in [0.5, 0.6) is 5.75 Å². The molecule has 0 fully saturated rings. The SMILES string of the molecule is CC(=O)c1cc(Cl)ccc1OCCN. The summed E-state index contributed by atoms with van der Waals surface area (Å²) in [6.45, 7) is 2.28. The molecule has 0 heterocycles. The van der Waals surface area contributed by atoms with Crippen LogP contribution in [0.4, 0.5) is 0 Å². The molecule has 0 aromatic heterocycles. The summed E-state index contributed by atoms with van der Waals surface area (Å²) in [5, 5.41) is 0.523. The first kappa shape index (κ1) is 11.0. The van der Waals surface area contributed by atoms with Crippen LogP contribution in [-0.2, 0) is 0 Å². The molecule has 0 radical (unpaired) electrons. The van der Waals surface area contributed by atoms with E-state index in [2.05, 4.69) is 0 Å². The zero-order chi connectivity index (χ0) is 10.6. The molecule has 0 bridgehead atoms. The molecule has 0 atom stereocenters. The van der Waals surface area contributed by atoms with Crippen molar-refractivity contribution in [3.05, 3.63) is 28.8 Å². The molecule has 2 N–H and O–H groups in total. The van der Waals surface area contributed by atoms with E-state index in [4.69, 9.17) is 22.1 Å². The predicted octanol–water partition coefficient (Wildman–Crippen LogP) is 1.88. The molecule has 14 heavy (non-hydrogen) atoms. The molecule has 0 amide bonds. The van der Waals surface area contributed by atoms with Gasteiger partial charge in [-0.05, 0) is 25.1 Å². The largest absolute Gasteiger partial charge is 0.492 e.